The van der Waals surface area contributed by atoms with E-state index in [0.717, 1.165) is 61.5 Å². The molecule has 10 aromatic rings. The van der Waals surface area contributed by atoms with E-state index >= 15 is 0 Å². The average Bonchev–Trinajstić information content (AvgIpc) is 3.66. The standard InChI is InChI=1S/C50H33N5/c1-3-13-34(14-4-1)35-26-30-40(31-27-35)49-52-48(39-16-5-2-6-17-39)53-50(54-49)42-20-11-19-41(33-42)36-24-28-38(29-25-36)47-46(51-45-23-9-10-32-55(45)47)44-22-12-18-37-15-7-8-21-43(37)44/h1-33H. The lowest BCUT2D eigenvalue weighted by atomic mass is 9.97. The molecule has 0 aliphatic carbocycles. The van der Waals surface area contributed by atoms with Crippen molar-refractivity contribution in [2.75, 3.05) is 0 Å². The minimum atomic E-state index is 0.625. The lowest BCUT2D eigenvalue weighted by Crippen LogP contribution is -2.00. The molecule has 0 spiro atoms. The Hall–Kier alpha value is -7.50. The molecular weight excluding hydrogens is 671 g/mol. The lowest BCUT2D eigenvalue weighted by molar-refractivity contribution is 1.07. The molecule has 0 N–H and O–H groups in total. The molecule has 7 aromatic carbocycles. The minimum absolute atomic E-state index is 0.625. The lowest BCUT2D eigenvalue weighted by Gasteiger charge is -2.11. The van der Waals surface area contributed by atoms with E-state index in [0.29, 0.717) is 17.5 Å². The van der Waals surface area contributed by atoms with E-state index in [1.807, 2.05) is 42.5 Å². The van der Waals surface area contributed by atoms with Gasteiger partial charge in [0.25, 0.3) is 0 Å². The Morgan fingerprint density at radius 1 is 0.327 bits per heavy atom. The van der Waals surface area contributed by atoms with Crippen LogP contribution in [0.5, 0.6) is 0 Å². The molecule has 0 fully saturated rings. The van der Waals surface area contributed by atoms with Gasteiger partial charge >= 0.3 is 0 Å². The summed E-state index contributed by atoms with van der Waals surface area (Å²) in [7, 11) is 0. The number of aromatic nitrogens is 5. The highest BCUT2D eigenvalue weighted by Gasteiger charge is 2.18. The molecule has 0 amide bonds. The zero-order valence-electron chi connectivity index (χ0n) is 29.8. The summed E-state index contributed by atoms with van der Waals surface area (Å²) in [5.74, 6) is 1.89. The normalized spacial score (nSPS) is 11.3. The van der Waals surface area contributed by atoms with Crippen LogP contribution >= 0.6 is 0 Å². The van der Waals surface area contributed by atoms with Crippen LogP contribution in [0.1, 0.15) is 0 Å². The van der Waals surface area contributed by atoms with Crippen LogP contribution in [0.15, 0.2) is 200 Å². The van der Waals surface area contributed by atoms with Gasteiger partial charge in [-0.2, -0.15) is 0 Å². The van der Waals surface area contributed by atoms with Crippen molar-refractivity contribution in [1.29, 1.82) is 0 Å². The van der Waals surface area contributed by atoms with Crippen LogP contribution < -0.4 is 0 Å². The topological polar surface area (TPSA) is 56.0 Å². The van der Waals surface area contributed by atoms with Gasteiger partial charge in [0.05, 0.1) is 11.4 Å². The number of imidazole rings is 1. The van der Waals surface area contributed by atoms with Crippen LogP contribution in [0.25, 0.3) is 95.4 Å². The molecule has 5 nitrogen and oxygen atoms in total. The second-order valence-electron chi connectivity index (χ2n) is 13.5. The minimum Gasteiger partial charge on any atom is -0.299 e. The van der Waals surface area contributed by atoms with Gasteiger partial charge in [-0.15, -0.1) is 0 Å². The first-order valence-electron chi connectivity index (χ1n) is 18.4. The molecule has 3 aromatic heterocycles. The number of rotatable bonds is 7. The molecule has 55 heavy (non-hydrogen) atoms. The van der Waals surface area contributed by atoms with Crippen LogP contribution in [-0.4, -0.2) is 24.3 Å². The molecule has 0 saturated heterocycles. The Balaban J connectivity index is 1.03. The van der Waals surface area contributed by atoms with E-state index in [1.54, 1.807) is 0 Å². The fourth-order valence-electron chi connectivity index (χ4n) is 7.34. The van der Waals surface area contributed by atoms with E-state index in [1.165, 1.54) is 16.3 Å². The maximum atomic E-state index is 5.16. The smallest absolute Gasteiger partial charge is 0.164 e. The Bertz CT molecular complexity index is 2950. The molecule has 0 aliphatic rings. The predicted molar refractivity (Wildman–Crippen MR) is 224 cm³/mol. The zero-order valence-corrected chi connectivity index (χ0v) is 29.8. The molecule has 0 radical (unpaired) electrons. The molecular formula is C50H33N5. The summed E-state index contributed by atoms with van der Waals surface area (Å²) in [5.41, 5.74) is 12.4. The van der Waals surface area contributed by atoms with Gasteiger partial charge in [0.2, 0.25) is 0 Å². The Morgan fingerprint density at radius 2 is 0.818 bits per heavy atom. The Kier molecular flexibility index (Phi) is 8.08. The van der Waals surface area contributed by atoms with Crippen molar-refractivity contribution >= 4 is 16.4 Å². The molecule has 3 heterocycles. The molecule has 5 heteroatoms. The molecule has 0 atom stereocenters. The summed E-state index contributed by atoms with van der Waals surface area (Å²) in [6.45, 7) is 0. The number of pyridine rings is 1. The van der Waals surface area contributed by atoms with E-state index in [9.17, 15) is 0 Å². The summed E-state index contributed by atoms with van der Waals surface area (Å²) in [5, 5.41) is 2.38. The summed E-state index contributed by atoms with van der Waals surface area (Å²) in [4.78, 5) is 20.2. The molecule has 0 unspecified atom stereocenters. The summed E-state index contributed by atoms with van der Waals surface area (Å²) >= 11 is 0. The SMILES string of the molecule is c1ccc(-c2ccc(-c3nc(-c4ccccc4)nc(-c4cccc(-c5ccc(-c6c(-c7cccc8ccccc78)nc7ccccn67)cc5)c4)n3)cc2)cc1. The third-order valence-corrected chi connectivity index (χ3v) is 10.1. The van der Waals surface area contributed by atoms with E-state index < -0.39 is 0 Å². The Labute approximate surface area is 319 Å². The third-order valence-electron chi connectivity index (χ3n) is 10.1. The van der Waals surface area contributed by atoms with Crippen molar-refractivity contribution in [2.24, 2.45) is 0 Å². The van der Waals surface area contributed by atoms with Gasteiger partial charge in [-0.25, -0.2) is 19.9 Å². The highest BCUT2D eigenvalue weighted by atomic mass is 15.0. The molecule has 10 rings (SSSR count). The molecule has 258 valence electrons. The second kappa shape index (κ2) is 13.8. The van der Waals surface area contributed by atoms with Gasteiger partial charge in [0, 0.05) is 34.0 Å². The fraction of sp³-hybridized carbons (Fsp3) is 0. The van der Waals surface area contributed by atoms with Crippen LogP contribution in [-0.2, 0) is 0 Å². The van der Waals surface area contributed by atoms with Gasteiger partial charge in [-0.1, -0.05) is 176 Å². The number of hydrogen-bond acceptors (Lipinski definition) is 4. The van der Waals surface area contributed by atoms with Crippen molar-refractivity contribution < 1.29 is 0 Å². The van der Waals surface area contributed by atoms with Crippen LogP contribution in [0, 0.1) is 0 Å². The van der Waals surface area contributed by atoms with E-state index in [4.69, 9.17) is 19.9 Å². The maximum absolute atomic E-state index is 5.16. The highest BCUT2D eigenvalue weighted by Crippen LogP contribution is 2.38. The van der Waals surface area contributed by atoms with E-state index in [2.05, 4.69) is 162 Å². The molecule has 0 saturated carbocycles. The monoisotopic (exact) mass is 703 g/mol. The zero-order chi connectivity index (χ0) is 36.6. The van der Waals surface area contributed by atoms with Crippen LogP contribution in [0.3, 0.4) is 0 Å². The summed E-state index contributed by atoms with van der Waals surface area (Å²) in [6, 6.07) is 67.2. The van der Waals surface area contributed by atoms with Crippen molar-refractivity contribution in [2.45, 2.75) is 0 Å². The number of fused-ring (bicyclic) bond motifs is 2. The van der Waals surface area contributed by atoms with Crippen molar-refractivity contribution in [3.05, 3.63) is 200 Å². The van der Waals surface area contributed by atoms with Crippen molar-refractivity contribution in [3.8, 4) is 78.9 Å². The first-order chi connectivity index (χ1) is 27.2. The van der Waals surface area contributed by atoms with Crippen LogP contribution in [0.2, 0.25) is 0 Å². The van der Waals surface area contributed by atoms with Crippen LogP contribution in [0.4, 0.5) is 0 Å². The summed E-state index contributed by atoms with van der Waals surface area (Å²) < 4.78 is 2.19. The first kappa shape index (κ1) is 32.2. The molecule has 0 aliphatic heterocycles. The van der Waals surface area contributed by atoms with Gasteiger partial charge in [0.1, 0.15) is 5.65 Å². The highest BCUT2D eigenvalue weighted by molar-refractivity contribution is 5.99. The van der Waals surface area contributed by atoms with E-state index in [-0.39, 0.29) is 0 Å². The quantitative estimate of drug-likeness (QED) is 0.166. The number of hydrogen-bond donors (Lipinski definition) is 0. The van der Waals surface area contributed by atoms with Gasteiger partial charge in [0.15, 0.2) is 17.5 Å². The van der Waals surface area contributed by atoms with Crippen molar-refractivity contribution in [1.82, 2.24) is 24.3 Å². The average molecular weight is 704 g/mol. The van der Waals surface area contributed by atoms with Gasteiger partial charge in [-0.05, 0) is 51.2 Å². The van der Waals surface area contributed by atoms with Crippen molar-refractivity contribution in [3.63, 3.8) is 0 Å². The molecule has 0 bridgehead atoms. The fourth-order valence-corrected chi connectivity index (χ4v) is 7.34. The Morgan fingerprint density at radius 3 is 1.56 bits per heavy atom. The van der Waals surface area contributed by atoms with Gasteiger partial charge < -0.3 is 0 Å². The first-order valence-corrected chi connectivity index (χ1v) is 18.4. The third kappa shape index (κ3) is 6.14. The second-order valence-corrected chi connectivity index (χ2v) is 13.5. The number of benzene rings is 7. The number of nitrogens with zero attached hydrogens (tertiary/aromatic N) is 5. The predicted octanol–water partition coefficient (Wildman–Crippen LogP) is 12.3. The van der Waals surface area contributed by atoms with Gasteiger partial charge in [-0.3, -0.25) is 4.40 Å². The maximum Gasteiger partial charge on any atom is 0.164 e. The largest absolute Gasteiger partial charge is 0.299 e. The summed E-state index contributed by atoms with van der Waals surface area (Å²) in [6.07, 6.45) is 2.09.